The van der Waals surface area contributed by atoms with Crippen molar-refractivity contribution >= 4 is 22.8 Å². The Morgan fingerprint density at radius 1 is 1.18 bits per heavy atom. The van der Waals surface area contributed by atoms with Crippen LogP contribution < -0.4 is 10.1 Å². The van der Waals surface area contributed by atoms with Crippen LogP contribution in [0, 0.1) is 17.1 Å². The number of anilines is 1. The lowest BCUT2D eigenvalue weighted by Crippen LogP contribution is -2.39. The van der Waals surface area contributed by atoms with Crippen LogP contribution in [-0.2, 0) is 6.54 Å². The Morgan fingerprint density at radius 2 is 1.91 bits per heavy atom. The first-order valence-corrected chi connectivity index (χ1v) is 11.7. The summed E-state index contributed by atoms with van der Waals surface area (Å²) < 4.78 is 19.9. The maximum absolute atomic E-state index is 14.6. The maximum Gasteiger partial charge on any atom is 0.150 e. The van der Waals surface area contributed by atoms with Crippen LogP contribution in [0.3, 0.4) is 0 Å². The SMILES string of the molecule is CCOc1ccc(N/C(C)=C2\C(=N)C(C3CCN(Cc4ccncc4)CC3)=NN=C2C)c(F)c1. The second-order valence-electron chi connectivity index (χ2n) is 8.65. The van der Waals surface area contributed by atoms with E-state index in [2.05, 4.69) is 25.4 Å². The zero-order chi connectivity index (χ0) is 24.1. The molecule has 1 aromatic carbocycles. The molecule has 2 aromatic rings. The Labute approximate surface area is 200 Å². The van der Waals surface area contributed by atoms with Crippen LogP contribution in [0.4, 0.5) is 10.1 Å². The summed E-state index contributed by atoms with van der Waals surface area (Å²) in [7, 11) is 0. The van der Waals surface area contributed by atoms with E-state index in [4.69, 9.17) is 10.1 Å². The number of rotatable bonds is 7. The minimum Gasteiger partial charge on any atom is -0.494 e. The molecule has 0 spiro atoms. The zero-order valence-corrected chi connectivity index (χ0v) is 19.9. The number of hydrogen-bond acceptors (Lipinski definition) is 7. The van der Waals surface area contributed by atoms with Crippen molar-refractivity contribution in [1.29, 1.82) is 5.41 Å². The monoisotopic (exact) mass is 462 g/mol. The van der Waals surface area contributed by atoms with Crippen molar-refractivity contribution in [2.45, 2.75) is 40.2 Å². The molecule has 1 fully saturated rings. The molecule has 0 aliphatic carbocycles. The summed E-state index contributed by atoms with van der Waals surface area (Å²) in [5.74, 6) is 0.269. The number of ether oxygens (including phenoxy) is 1. The van der Waals surface area contributed by atoms with E-state index in [-0.39, 0.29) is 5.92 Å². The molecule has 2 aliphatic rings. The van der Waals surface area contributed by atoms with Crippen LogP contribution in [0.25, 0.3) is 0 Å². The van der Waals surface area contributed by atoms with Gasteiger partial charge in [-0.2, -0.15) is 10.2 Å². The lowest BCUT2D eigenvalue weighted by molar-refractivity contribution is 0.202. The highest BCUT2D eigenvalue weighted by molar-refractivity contribution is 6.54. The van der Waals surface area contributed by atoms with Crippen molar-refractivity contribution in [3.63, 3.8) is 0 Å². The molecule has 0 radical (unpaired) electrons. The molecule has 1 aromatic heterocycles. The van der Waals surface area contributed by atoms with Gasteiger partial charge in [0.2, 0.25) is 0 Å². The van der Waals surface area contributed by atoms with E-state index in [0.29, 0.717) is 40.7 Å². The van der Waals surface area contributed by atoms with Crippen molar-refractivity contribution < 1.29 is 9.13 Å². The maximum atomic E-state index is 14.6. The number of hydrogen-bond donors (Lipinski definition) is 2. The third-order valence-corrected chi connectivity index (χ3v) is 6.25. The lowest BCUT2D eigenvalue weighted by atomic mass is 9.85. The molecule has 7 nitrogen and oxygen atoms in total. The molecule has 178 valence electrons. The molecule has 0 amide bonds. The fourth-order valence-electron chi connectivity index (χ4n) is 4.51. The van der Waals surface area contributed by atoms with Gasteiger partial charge >= 0.3 is 0 Å². The predicted octanol–water partition coefficient (Wildman–Crippen LogP) is 5.07. The summed E-state index contributed by atoms with van der Waals surface area (Å²) >= 11 is 0. The van der Waals surface area contributed by atoms with Crippen LogP contribution >= 0.6 is 0 Å². The molecule has 0 unspecified atom stereocenters. The van der Waals surface area contributed by atoms with Crippen molar-refractivity contribution in [1.82, 2.24) is 9.88 Å². The zero-order valence-electron chi connectivity index (χ0n) is 19.9. The van der Waals surface area contributed by atoms with Gasteiger partial charge in [-0.15, -0.1) is 0 Å². The van der Waals surface area contributed by atoms with Gasteiger partial charge in [0.25, 0.3) is 0 Å². The number of halogens is 1. The normalized spacial score (nSPS) is 18.9. The van der Waals surface area contributed by atoms with Gasteiger partial charge in [0.05, 0.1) is 29.4 Å². The summed E-state index contributed by atoms with van der Waals surface area (Å²) in [5.41, 5.74) is 4.69. The second kappa shape index (κ2) is 10.7. The Hall–Kier alpha value is -3.39. The molecule has 3 heterocycles. The van der Waals surface area contributed by atoms with Crippen molar-refractivity contribution in [2.75, 3.05) is 25.0 Å². The first-order chi connectivity index (χ1) is 16.5. The van der Waals surface area contributed by atoms with Gasteiger partial charge in [-0.25, -0.2) is 4.39 Å². The third kappa shape index (κ3) is 5.39. The summed E-state index contributed by atoms with van der Waals surface area (Å²) in [6.07, 6.45) is 5.50. The predicted molar refractivity (Wildman–Crippen MR) is 134 cm³/mol. The summed E-state index contributed by atoms with van der Waals surface area (Å²) in [6, 6.07) is 8.84. The molecule has 0 atom stereocenters. The van der Waals surface area contributed by atoms with Gasteiger partial charge in [-0.3, -0.25) is 15.3 Å². The fourth-order valence-corrected chi connectivity index (χ4v) is 4.51. The Balaban J connectivity index is 1.44. The summed E-state index contributed by atoms with van der Waals surface area (Å²) in [6.45, 7) is 8.80. The first-order valence-electron chi connectivity index (χ1n) is 11.7. The Kier molecular flexibility index (Phi) is 7.47. The number of benzene rings is 1. The molecule has 2 aliphatic heterocycles. The topological polar surface area (TPSA) is 86.0 Å². The van der Waals surface area contributed by atoms with Gasteiger partial charge in [0, 0.05) is 42.2 Å². The number of pyridine rings is 1. The van der Waals surface area contributed by atoms with Gasteiger partial charge in [-0.1, -0.05) is 0 Å². The van der Waals surface area contributed by atoms with Crippen molar-refractivity contribution in [2.24, 2.45) is 16.1 Å². The molecule has 4 rings (SSSR count). The number of nitrogens with zero attached hydrogens (tertiary/aromatic N) is 4. The van der Waals surface area contributed by atoms with Crippen LogP contribution in [-0.4, -0.2) is 46.7 Å². The van der Waals surface area contributed by atoms with Crippen LogP contribution in [0.15, 0.2) is 64.2 Å². The van der Waals surface area contributed by atoms with E-state index >= 15 is 0 Å². The third-order valence-electron chi connectivity index (χ3n) is 6.25. The van der Waals surface area contributed by atoms with Gasteiger partial charge in [-0.05, 0) is 76.5 Å². The largest absolute Gasteiger partial charge is 0.494 e. The van der Waals surface area contributed by atoms with Crippen molar-refractivity contribution in [3.8, 4) is 5.75 Å². The van der Waals surface area contributed by atoms with Gasteiger partial charge in [0.1, 0.15) is 11.6 Å². The standard InChI is InChI=1S/C26H31FN6O/c1-4-34-21-5-6-23(22(27)15-21)30-17(2)24-18(3)31-32-26(25(24)28)20-9-13-33(14-10-20)16-19-7-11-29-12-8-19/h5-8,11-12,15,20,28,30H,4,9-10,13-14,16H2,1-3H3/b24-17-,28-25?. The summed E-state index contributed by atoms with van der Waals surface area (Å²) in [4.78, 5) is 6.51. The molecular weight excluding hydrogens is 431 g/mol. The number of allylic oxidation sites excluding steroid dienone is 2. The lowest BCUT2D eigenvalue weighted by Gasteiger charge is -2.33. The second-order valence-corrected chi connectivity index (χ2v) is 8.65. The average molecular weight is 463 g/mol. The van der Waals surface area contributed by atoms with E-state index < -0.39 is 5.82 Å². The quantitative estimate of drug-likeness (QED) is 0.602. The summed E-state index contributed by atoms with van der Waals surface area (Å²) in [5, 5.41) is 20.8. The van der Waals surface area contributed by atoms with Gasteiger partial charge < -0.3 is 10.1 Å². The number of likely N-dealkylation sites (tertiary alicyclic amines) is 1. The molecule has 0 saturated carbocycles. The minimum absolute atomic E-state index is 0.183. The molecular formula is C26H31FN6O. The molecule has 2 N–H and O–H groups in total. The van der Waals surface area contributed by atoms with E-state index in [0.717, 1.165) is 38.2 Å². The molecule has 34 heavy (non-hydrogen) atoms. The van der Waals surface area contributed by atoms with Crippen LogP contribution in [0.1, 0.15) is 39.2 Å². The number of aromatic nitrogens is 1. The molecule has 0 bridgehead atoms. The highest BCUT2D eigenvalue weighted by atomic mass is 19.1. The minimum atomic E-state index is -0.404. The fraction of sp³-hybridized carbons (Fsp3) is 0.385. The average Bonchev–Trinajstić information content (AvgIpc) is 2.83. The first kappa shape index (κ1) is 23.8. The molecule has 8 heteroatoms. The number of piperidine rings is 1. The smallest absolute Gasteiger partial charge is 0.150 e. The van der Waals surface area contributed by atoms with E-state index in [1.807, 2.05) is 45.3 Å². The number of nitrogens with one attached hydrogen (secondary N) is 2. The van der Waals surface area contributed by atoms with E-state index in [9.17, 15) is 4.39 Å². The highest BCUT2D eigenvalue weighted by Crippen LogP contribution is 2.27. The highest BCUT2D eigenvalue weighted by Gasteiger charge is 2.31. The van der Waals surface area contributed by atoms with Crippen LogP contribution in [0.5, 0.6) is 5.75 Å². The Morgan fingerprint density at radius 3 is 2.59 bits per heavy atom. The Bertz CT molecular complexity index is 1130. The van der Waals surface area contributed by atoms with E-state index in [1.165, 1.54) is 11.6 Å². The molecule has 1 saturated heterocycles. The van der Waals surface area contributed by atoms with Gasteiger partial charge in [0.15, 0.2) is 0 Å². The van der Waals surface area contributed by atoms with Crippen molar-refractivity contribution in [3.05, 3.63) is 65.4 Å². The van der Waals surface area contributed by atoms with Crippen LogP contribution in [0.2, 0.25) is 0 Å². The van der Waals surface area contributed by atoms with E-state index in [1.54, 1.807) is 12.1 Å².